The van der Waals surface area contributed by atoms with Crippen LogP contribution in [0.15, 0.2) is 30.3 Å². The zero-order chi connectivity index (χ0) is 12.9. The molecule has 0 aromatic heterocycles. The quantitative estimate of drug-likeness (QED) is 0.627. The van der Waals surface area contributed by atoms with Gasteiger partial charge in [0.2, 0.25) is 0 Å². The van der Waals surface area contributed by atoms with Gasteiger partial charge in [-0.25, -0.2) is 4.79 Å². The number of benzene rings is 1. The van der Waals surface area contributed by atoms with E-state index in [-0.39, 0.29) is 6.61 Å². The molecule has 1 aromatic rings. The van der Waals surface area contributed by atoms with Crippen molar-refractivity contribution in [3.8, 4) is 5.75 Å². The van der Waals surface area contributed by atoms with Crippen molar-refractivity contribution in [2.24, 2.45) is 0 Å². The average Bonchev–Trinajstić information content (AvgIpc) is 2.36. The topological polar surface area (TPSA) is 46.5 Å². The average molecular weight is 259 g/mol. The van der Waals surface area contributed by atoms with E-state index in [1.165, 1.54) is 19.3 Å². The van der Waals surface area contributed by atoms with Crippen molar-refractivity contribution in [3.05, 3.63) is 30.3 Å². The van der Waals surface area contributed by atoms with Crippen LogP contribution in [0.2, 0.25) is 0 Å². The Morgan fingerprint density at radius 1 is 1.29 bits per heavy atom. The van der Waals surface area contributed by atoms with Crippen LogP contribution in [0.3, 0.4) is 0 Å². The number of ether oxygens (including phenoxy) is 1. The van der Waals surface area contributed by atoms with Gasteiger partial charge in [0, 0.05) is 5.88 Å². The van der Waals surface area contributed by atoms with Crippen LogP contribution in [0.5, 0.6) is 5.75 Å². The highest BCUT2D eigenvalue weighted by molar-refractivity contribution is 6.17. The number of hydrogen-bond donors (Lipinski definition) is 1. The summed E-state index contributed by atoms with van der Waals surface area (Å²) in [7, 11) is 0. The van der Waals surface area contributed by atoms with Crippen molar-refractivity contribution < 1.29 is 14.6 Å². The van der Waals surface area contributed by atoms with Gasteiger partial charge >= 0.3 is 5.97 Å². The maximum atomic E-state index is 10.0. The molecule has 0 unspecified atom stereocenters. The Kier molecular flexibility index (Phi) is 10.5. The van der Waals surface area contributed by atoms with Gasteiger partial charge in [0.15, 0.2) is 6.61 Å². The predicted octanol–water partition coefficient (Wildman–Crippen LogP) is 3.57. The minimum atomic E-state index is -0.964. The molecule has 0 heterocycles. The highest BCUT2D eigenvalue weighted by Crippen LogP contribution is 2.07. The Bertz CT molecular complexity index is 284. The third-order valence-corrected chi connectivity index (χ3v) is 2.11. The lowest BCUT2D eigenvalue weighted by atomic mass is 10.3. The first-order valence-electron chi connectivity index (χ1n) is 5.66. The van der Waals surface area contributed by atoms with E-state index in [1.54, 1.807) is 24.3 Å². The van der Waals surface area contributed by atoms with Crippen molar-refractivity contribution in [2.75, 3.05) is 12.5 Å². The number of alkyl halides is 1. The molecule has 1 rings (SSSR count). The van der Waals surface area contributed by atoms with E-state index in [2.05, 4.69) is 6.92 Å². The summed E-state index contributed by atoms with van der Waals surface area (Å²) in [6.45, 7) is 1.89. The molecule has 1 N–H and O–H groups in total. The van der Waals surface area contributed by atoms with E-state index in [1.807, 2.05) is 6.07 Å². The Hall–Kier alpha value is -1.22. The Morgan fingerprint density at radius 2 is 1.94 bits per heavy atom. The summed E-state index contributed by atoms with van der Waals surface area (Å²) in [5.41, 5.74) is 0. The van der Waals surface area contributed by atoms with E-state index in [9.17, 15) is 4.79 Å². The number of para-hydroxylation sites is 1. The smallest absolute Gasteiger partial charge is 0.341 e. The van der Waals surface area contributed by atoms with Crippen LogP contribution in [0.4, 0.5) is 0 Å². The zero-order valence-corrected chi connectivity index (χ0v) is 10.8. The molecule has 0 saturated heterocycles. The SMILES string of the molecule is CCCCCCl.O=C(O)COc1ccccc1. The van der Waals surface area contributed by atoms with Gasteiger partial charge in [-0.3, -0.25) is 0 Å². The largest absolute Gasteiger partial charge is 0.482 e. The summed E-state index contributed by atoms with van der Waals surface area (Å²) < 4.78 is 4.87. The summed E-state index contributed by atoms with van der Waals surface area (Å²) in [6, 6.07) is 8.84. The zero-order valence-electron chi connectivity index (χ0n) is 10.1. The standard InChI is InChI=1S/C8H8O3.C5H11Cl/c9-8(10)6-11-7-4-2-1-3-5-7;1-2-3-4-5-6/h1-5H,6H2,(H,9,10);2-5H2,1H3. The van der Waals surface area contributed by atoms with Crippen molar-refractivity contribution in [2.45, 2.75) is 26.2 Å². The van der Waals surface area contributed by atoms with E-state index in [0.29, 0.717) is 5.75 Å². The number of carboxylic acids is 1. The molecule has 0 radical (unpaired) electrons. The second-order valence-electron chi connectivity index (χ2n) is 3.39. The van der Waals surface area contributed by atoms with Gasteiger partial charge in [0.05, 0.1) is 0 Å². The van der Waals surface area contributed by atoms with Crippen molar-refractivity contribution in [3.63, 3.8) is 0 Å². The molecule has 17 heavy (non-hydrogen) atoms. The molecule has 96 valence electrons. The first-order chi connectivity index (χ1) is 8.20. The van der Waals surface area contributed by atoms with Crippen molar-refractivity contribution in [1.29, 1.82) is 0 Å². The summed E-state index contributed by atoms with van der Waals surface area (Å²) >= 11 is 5.38. The van der Waals surface area contributed by atoms with E-state index in [4.69, 9.17) is 21.4 Å². The number of hydrogen-bond acceptors (Lipinski definition) is 2. The third-order valence-electron chi connectivity index (χ3n) is 1.84. The van der Waals surface area contributed by atoms with Gasteiger partial charge in [0.25, 0.3) is 0 Å². The maximum absolute atomic E-state index is 10.0. The first kappa shape index (κ1) is 15.8. The Labute approximate surface area is 107 Å². The van der Waals surface area contributed by atoms with Gasteiger partial charge in [-0.1, -0.05) is 38.0 Å². The summed E-state index contributed by atoms with van der Waals surface area (Å²) in [5, 5.41) is 8.25. The molecule has 0 aliphatic heterocycles. The van der Waals surface area contributed by atoms with Gasteiger partial charge < -0.3 is 9.84 Å². The minimum Gasteiger partial charge on any atom is -0.482 e. The molecule has 0 bridgehead atoms. The highest BCUT2D eigenvalue weighted by Gasteiger charge is 1.96. The number of rotatable bonds is 6. The fraction of sp³-hybridized carbons (Fsp3) is 0.462. The Balaban J connectivity index is 0.000000366. The van der Waals surface area contributed by atoms with Crippen LogP contribution in [0.1, 0.15) is 26.2 Å². The van der Waals surface area contributed by atoms with Crippen LogP contribution in [-0.2, 0) is 4.79 Å². The molecule has 0 spiro atoms. The van der Waals surface area contributed by atoms with E-state index >= 15 is 0 Å². The fourth-order valence-corrected chi connectivity index (χ4v) is 1.20. The molecule has 0 saturated carbocycles. The number of aliphatic carboxylic acids is 1. The molecule has 1 aromatic carbocycles. The second kappa shape index (κ2) is 11.3. The third kappa shape index (κ3) is 11.1. The second-order valence-corrected chi connectivity index (χ2v) is 3.77. The van der Waals surface area contributed by atoms with Crippen LogP contribution in [0, 0.1) is 0 Å². The van der Waals surface area contributed by atoms with Gasteiger partial charge in [-0.15, -0.1) is 11.6 Å². The normalized spacial score (nSPS) is 9.06. The first-order valence-corrected chi connectivity index (χ1v) is 6.19. The molecule has 4 heteroatoms. The predicted molar refractivity (Wildman–Crippen MR) is 69.8 cm³/mol. The molecule has 0 amide bonds. The number of carbonyl (C=O) groups is 1. The maximum Gasteiger partial charge on any atom is 0.341 e. The van der Waals surface area contributed by atoms with Gasteiger partial charge in [-0.2, -0.15) is 0 Å². The molecular formula is C13H19ClO3. The Morgan fingerprint density at radius 3 is 2.35 bits per heavy atom. The molecule has 0 aliphatic rings. The lowest BCUT2D eigenvalue weighted by Gasteiger charge is -2.00. The lowest BCUT2D eigenvalue weighted by molar-refractivity contribution is -0.139. The minimum absolute atomic E-state index is 0.288. The van der Waals surface area contributed by atoms with Crippen molar-refractivity contribution >= 4 is 17.6 Å². The van der Waals surface area contributed by atoms with Gasteiger partial charge in [0.1, 0.15) is 5.75 Å². The summed E-state index contributed by atoms with van der Waals surface area (Å²) in [5.74, 6) is 0.442. The molecule has 0 aliphatic carbocycles. The van der Waals surface area contributed by atoms with Crippen LogP contribution in [-0.4, -0.2) is 23.6 Å². The highest BCUT2D eigenvalue weighted by atomic mass is 35.5. The van der Waals surface area contributed by atoms with Crippen LogP contribution < -0.4 is 4.74 Å². The molecule has 0 atom stereocenters. The molecular weight excluding hydrogens is 240 g/mol. The number of carboxylic acid groups (broad SMARTS) is 1. The summed E-state index contributed by atoms with van der Waals surface area (Å²) in [6.07, 6.45) is 3.73. The lowest BCUT2D eigenvalue weighted by Crippen LogP contribution is -2.09. The number of unbranched alkanes of at least 4 members (excludes halogenated alkanes) is 2. The van der Waals surface area contributed by atoms with Crippen LogP contribution in [0.25, 0.3) is 0 Å². The van der Waals surface area contributed by atoms with E-state index < -0.39 is 5.97 Å². The summed E-state index contributed by atoms with van der Waals surface area (Å²) in [4.78, 5) is 10.0. The molecule has 3 nitrogen and oxygen atoms in total. The van der Waals surface area contributed by atoms with Crippen LogP contribution >= 0.6 is 11.6 Å². The number of halogens is 1. The molecule has 0 fully saturated rings. The van der Waals surface area contributed by atoms with Crippen molar-refractivity contribution in [1.82, 2.24) is 0 Å². The monoisotopic (exact) mass is 258 g/mol. The fourth-order valence-electron chi connectivity index (χ4n) is 1.01. The van der Waals surface area contributed by atoms with E-state index in [0.717, 1.165) is 5.88 Å². The van der Waals surface area contributed by atoms with Gasteiger partial charge in [-0.05, 0) is 18.6 Å².